The van der Waals surface area contributed by atoms with Crippen molar-refractivity contribution in [2.45, 2.75) is 25.0 Å². The lowest BCUT2D eigenvalue weighted by atomic mass is 9.91. The molecule has 0 saturated heterocycles. The molecule has 0 N–H and O–H groups in total. The highest BCUT2D eigenvalue weighted by Crippen LogP contribution is 2.44. The fourth-order valence-corrected chi connectivity index (χ4v) is 4.47. The van der Waals surface area contributed by atoms with Crippen LogP contribution in [-0.2, 0) is 0 Å². The van der Waals surface area contributed by atoms with Crippen LogP contribution in [0.15, 0.2) is 60.7 Å². The molecule has 2 aliphatic rings. The molecular weight excluding hydrogens is 423 g/mol. The SMILES string of the molecule is O=C1C[C@@H](c2ccccc2Cl)Oc2cc3c(cc21)C(=O)C[C@H](c1ccccc1Cl)O3. The first-order valence-corrected chi connectivity index (χ1v) is 10.3. The number of carbonyl (C=O) groups is 2. The monoisotopic (exact) mass is 438 g/mol. The summed E-state index contributed by atoms with van der Waals surface area (Å²) in [6.45, 7) is 0. The topological polar surface area (TPSA) is 52.6 Å². The Bertz CT molecular complexity index is 1100. The summed E-state index contributed by atoms with van der Waals surface area (Å²) in [5.41, 5.74) is 2.29. The number of hydrogen-bond donors (Lipinski definition) is 0. The maximum Gasteiger partial charge on any atom is 0.170 e. The molecule has 2 aliphatic heterocycles. The van der Waals surface area contributed by atoms with E-state index in [1.807, 2.05) is 36.4 Å². The molecule has 2 atom stereocenters. The van der Waals surface area contributed by atoms with Crippen molar-refractivity contribution in [2.75, 3.05) is 0 Å². The highest BCUT2D eigenvalue weighted by Gasteiger charge is 2.34. The van der Waals surface area contributed by atoms with Gasteiger partial charge in [0.15, 0.2) is 11.6 Å². The van der Waals surface area contributed by atoms with Gasteiger partial charge < -0.3 is 9.47 Å². The van der Waals surface area contributed by atoms with Crippen molar-refractivity contribution in [3.8, 4) is 11.5 Å². The molecule has 3 aromatic rings. The van der Waals surface area contributed by atoms with Crippen LogP contribution in [0.2, 0.25) is 10.0 Å². The Morgan fingerprint density at radius 2 is 1.10 bits per heavy atom. The van der Waals surface area contributed by atoms with Crippen molar-refractivity contribution in [2.24, 2.45) is 0 Å². The van der Waals surface area contributed by atoms with Crippen LogP contribution in [0.1, 0.15) is 56.9 Å². The molecule has 0 bridgehead atoms. The van der Waals surface area contributed by atoms with Gasteiger partial charge in [-0.05, 0) is 18.2 Å². The van der Waals surface area contributed by atoms with Crippen LogP contribution in [0.3, 0.4) is 0 Å². The van der Waals surface area contributed by atoms with Gasteiger partial charge in [0.25, 0.3) is 0 Å². The second-order valence-corrected chi connectivity index (χ2v) is 8.17. The third-order valence-electron chi connectivity index (χ3n) is 5.47. The molecule has 0 unspecified atom stereocenters. The number of hydrogen-bond acceptors (Lipinski definition) is 4. The van der Waals surface area contributed by atoms with Crippen LogP contribution in [0.5, 0.6) is 11.5 Å². The van der Waals surface area contributed by atoms with E-state index >= 15 is 0 Å². The van der Waals surface area contributed by atoms with Crippen LogP contribution < -0.4 is 9.47 Å². The minimum Gasteiger partial charge on any atom is -0.484 e. The van der Waals surface area contributed by atoms with E-state index in [1.165, 1.54) is 0 Å². The number of benzene rings is 3. The predicted octanol–water partition coefficient (Wildman–Crippen LogP) is 6.41. The third-order valence-corrected chi connectivity index (χ3v) is 6.16. The lowest BCUT2D eigenvalue weighted by Gasteiger charge is -2.30. The normalized spacial score (nSPS) is 20.1. The second kappa shape index (κ2) is 7.46. The highest BCUT2D eigenvalue weighted by atomic mass is 35.5. The van der Waals surface area contributed by atoms with E-state index in [9.17, 15) is 9.59 Å². The van der Waals surface area contributed by atoms with Crippen LogP contribution in [0.25, 0.3) is 0 Å². The van der Waals surface area contributed by atoms with Gasteiger partial charge in [-0.15, -0.1) is 0 Å². The van der Waals surface area contributed by atoms with E-state index in [0.29, 0.717) is 32.7 Å². The van der Waals surface area contributed by atoms with Gasteiger partial charge in [-0.1, -0.05) is 59.6 Å². The molecule has 30 heavy (non-hydrogen) atoms. The predicted molar refractivity (Wildman–Crippen MR) is 114 cm³/mol. The molecule has 3 aromatic carbocycles. The van der Waals surface area contributed by atoms with Gasteiger partial charge in [0.2, 0.25) is 0 Å². The average molecular weight is 439 g/mol. The van der Waals surface area contributed by atoms with Crippen LogP contribution in [-0.4, -0.2) is 11.6 Å². The zero-order chi connectivity index (χ0) is 20.8. The van der Waals surface area contributed by atoms with Gasteiger partial charge in [0, 0.05) is 27.2 Å². The maximum absolute atomic E-state index is 12.8. The van der Waals surface area contributed by atoms with E-state index in [2.05, 4.69) is 0 Å². The number of Topliss-reactive ketones (excluding diaryl/α,β-unsaturated/α-hetero) is 2. The standard InChI is InChI=1S/C24H16Cl2O4/c25-17-7-3-1-5-13(17)21-10-19(27)15-9-16-20(28)11-22(14-6-2-4-8-18(14)26)30-24(16)12-23(15)29-21/h1-9,12,21-22H,10-11H2/t21-,22+. The van der Waals surface area contributed by atoms with Gasteiger partial charge >= 0.3 is 0 Å². The molecule has 0 aliphatic carbocycles. The number of fused-ring (bicyclic) bond motifs is 2. The van der Waals surface area contributed by atoms with E-state index in [0.717, 1.165) is 11.1 Å². The zero-order valence-electron chi connectivity index (χ0n) is 15.7. The first kappa shape index (κ1) is 19.2. The molecule has 0 spiro atoms. The van der Waals surface area contributed by atoms with Gasteiger partial charge in [0.05, 0.1) is 24.0 Å². The molecule has 0 saturated carbocycles. The molecule has 0 amide bonds. The van der Waals surface area contributed by atoms with Gasteiger partial charge in [0.1, 0.15) is 23.7 Å². The molecular formula is C24H16Cl2O4. The molecule has 0 fully saturated rings. The Balaban J connectivity index is 1.52. The first-order valence-electron chi connectivity index (χ1n) is 9.58. The first-order chi connectivity index (χ1) is 14.5. The average Bonchev–Trinajstić information content (AvgIpc) is 2.73. The Hall–Kier alpha value is -2.82. The van der Waals surface area contributed by atoms with Crippen LogP contribution >= 0.6 is 23.2 Å². The van der Waals surface area contributed by atoms with Crippen molar-refractivity contribution in [3.63, 3.8) is 0 Å². The summed E-state index contributed by atoms with van der Waals surface area (Å²) in [6.07, 6.45) is -0.662. The largest absolute Gasteiger partial charge is 0.484 e. The molecule has 4 nitrogen and oxygen atoms in total. The van der Waals surface area contributed by atoms with E-state index in [4.69, 9.17) is 32.7 Å². The van der Waals surface area contributed by atoms with E-state index in [-0.39, 0.29) is 24.4 Å². The number of rotatable bonds is 2. The number of ketones is 2. The van der Waals surface area contributed by atoms with Gasteiger partial charge in [-0.25, -0.2) is 0 Å². The Morgan fingerprint density at radius 1 is 0.667 bits per heavy atom. The second-order valence-electron chi connectivity index (χ2n) is 7.36. The lowest BCUT2D eigenvalue weighted by Crippen LogP contribution is -2.24. The number of carbonyl (C=O) groups excluding carboxylic acids is 2. The van der Waals surface area contributed by atoms with E-state index < -0.39 is 12.2 Å². The molecule has 0 aromatic heterocycles. The molecule has 6 heteroatoms. The summed E-state index contributed by atoms with van der Waals surface area (Å²) in [6, 6.07) is 17.8. The van der Waals surface area contributed by atoms with Crippen molar-refractivity contribution >= 4 is 34.8 Å². The highest BCUT2D eigenvalue weighted by molar-refractivity contribution is 6.31. The zero-order valence-corrected chi connectivity index (χ0v) is 17.2. The van der Waals surface area contributed by atoms with Crippen molar-refractivity contribution in [3.05, 3.63) is 93.0 Å². The number of halogens is 2. The smallest absolute Gasteiger partial charge is 0.170 e. The molecule has 2 heterocycles. The summed E-state index contributed by atoms with van der Waals surface area (Å²) >= 11 is 12.6. The summed E-state index contributed by atoms with van der Waals surface area (Å²) in [7, 11) is 0. The number of ether oxygens (including phenoxy) is 2. The van der Waals surface area contributed by atoms with Crippen LogP contribution in [0, 0.1) is 0 Å². The summed E-state index contributed by atoms with van der Waals surface area (Å²) in [5.74, 6) is 0.597. The lowest BCUT2D eigenvalue weighted by molar-refractivity contribution is 0.0831. The summed E-state index contributed by atoms with van der Waals surface area (Å²) < 4.78 is 12.2. The van der Waals surface area contributed by atoms with Crippen LogP contribution in [0.4, 0.5) is 0 Å². The third kappa shape index (κ3) is 3.26. The Kier molecular flexibility index (Phi) is 4.76. The molecule has 0 radical (unpaired) electrons. The van der Waals surface area contributed by atoms with Crippen molar-refractivity contribution < 1.29 is 19.1 Å². The Morgan fingerprint density at radius 3 is 1.53 bits per heavy atom. The van der Waals surface area contributed by atoms with Crippen molar-refractivity contribution in [1.82, 2.24) is 0 Å². The maximum atomic E-state index is 12.8. The van der Waals surface area contributed by atoms with Gasteiger partial charge in [-0.3, -0.25) is 9.59 Å². The quantitative estimate of drug-likeness (QED) is 0.463. The fourth-order valence-electron chi connectivity index (χ4n) is 3.96. The van der Waals surface area contributed by atoms with Gasteiger partial charge in [-0.2, -0.15) is 0 Å². The minimum atomic E-state index is -0.490. The molecule has 150 valence electrons. The van der Waals surface area contributed by atoms with Crippen molar-refractivity contribution in [1.29, 1.82) is 0 Å². The molecule has 5 rings (SSSR count). The minimum absolute atomic E-state index is 0.0926. The van der Waals surface area contributed by atoms with E-state index in [1.54, 1.807) is 24.3 Å². The fraction of sp³-hybridized carbons (Fsp3) is 0.167. The summed E-state index contributed by atoms with van der Waals surface area (Å²) in [5, 5.41) is 1.09. The Labute approximate surface area is 183 Å². The summed E-state index contributed by atoms with van der Waals surface area (Å²) in [4.78, 5) is 25.6.